The molecule has 3 nitrogen and oxygen atoms in total. The Morgan fingerprint density at radius 2 is 2.17 bits per heavy atom. The van der Waals surface area contributed by atoms with Crippen LogP contribution in [-0.2, 0) is 0 Å². The highest BCUT2D eigenvalue weighted by Crippen LogP contribution is 1.96. The molecule has 0 bridgehead atoms. The zero-order valence-electron chi connectivity index (χ0n) is 7.84. The fraction of sp³-hybridized carbons (Fsp3) is 0.625. The van der Waals surface area contributed by atoms with Gasteiger partial charge in [-0.05, 0) is 20.8 Å². The van der Waals surface area contributed by atoms with Crippen LogP contribution in [0.2, 0.25) is 0 Å². The molecule has 0 amide bonds. The first kappa shape index (κ1) is 11.3. The molecule has 1 N–H and O–H groups in total. The van der Waals surface area contributed by atoms with Crippen molar-refractivity contribution in [2.75, 3.05) is 13.1 Å². The van der Waals surface area contributed by atoms with E-state index < -0.39 is 0 Å². The minimum Gasteiger partial charge on any atom is -1.00 e. The highest BCUT2D eigenvalue weighted by molar-refractivity contribution is 5.73. The lowest BCUT2D eigenvalue weighted by molar-refractivity contribution is -0.609. The second kappa shape index (κ2) is 5.04. The Kier molecular flexibility index (Phi) is 4.74. The number of rotatable bonds is 2. The number of nitrogens with zero attached hydrogens (tertiary/aromatic N) is 2. The lowest BCUT2D eigenvalue weighted by Gasteiger charge is -2.20. The normalized spacial score (nSPS) is 15.8. The molecule has 0 radical (unpaired) electrons. The smallest absolute Gasteiger partial charge is 0.199 e. The molecule has 0 saturated heterocycles. The van der Waals surface area contributed by atoms with Crippen molar-refractivity contribution in [3.05, 3.63) is 11.8 Å². The maximum atomic E-state index is 3.22. The fourth-order valence-electron chi connectivity index (χ4n) is 1.07. The Morgan fingerprint density at radius 3 is 2.67 bits per heavy atom. The number of hydrogen-bond acceptors (Lipinski definition) is 2. The maximum Gasteiger partial charge on any atom is 0.199 e. The average Bonchev–Trinajstić information content (AvgIpc) is 2.03. The third kappa shape index (κ3) is 2.74. The van der Waals surface area contributed by atoms with Gasteiger partial charge in [0.2, 0.25) is 0 Å². The Labute approximate surface area is 80.1 Å². The van der Waals surface area contributed by atoms with E-state index >= 15 is 0 Å². The topological polar surface area (TPSA) is 18.3 Å². The summed E-state index contributed by atoms with van der Waals surface area (Å²) in [6, 6.07) is 0. The van der Waals surface area contributed by atoms with Crippen molar-refractivity contribution >= 4 is 6.21 Å². The number of hydrazone groups is 1. The zero-order chi connectivity index (χ0) is 8.27. The third-order valence-corrected chi connectivity index (χ3v) is 1.66. The molecule has 0 aromatic rings. The summed E-state index contributed by atoms with van der Waals surface area (Å²) in [6.45, 7) is 8.32. The van der Waals surface area contributed by atoms with E-state index in [1.54, 1.807) is 0 Å². The first-order chi connectivity index (χ1) is 5.26. The first-order valence-electron chi connectivity index (χ1n) is 4.09. The Balaban J connectivity index is 0.00000121. The van der Waals surface area contributed by atoms with Crippen molar-refractivity contribution in [3.8, 4) is 0 Å². The summed E-state index contributed by atoms with van der Waals surface area (Å²) in [4.78, 5) is 0. The summed E-state index contributed by atoms with van der Waals surface area (Å²) < 4.78 is 2.07. The van der Waals surface area contributed by atoms with E-state index in [0.29, 0.717) is 0 Å². The highest BCUT2D eigenvalue weighted by atomic mass is 35.5. The van der Waals surface area contributed by atoms with Gasteiger partial charge in [-0.2, -0.15) is 0 Å². The van der Waals surface area contributed by atoms with Crippen molar-refractivity contribution in [3.63, 3.8) is 0 Å². The molecule has 1 aliphatic heterocycles. The van der Waals surface area contributed by atoms with Gasteiger partial charge in [-0.25, -0.2) is 5.01 Å². The Hall–Kier alpha value is -0.700. The van der Waals surface area contributed by atoms with Crippen LogP contribution in [0.4, 0.5) is 0 Å². The van der Waals surface area contributed by atoms with E-state index in [1.165, 1.54) is 5.57 Å². The van der Waals surface area contributed by atoms with E-state index in [1.807, 2.05) is 0 Å². The lowest BCUT2D eigenvalue weighted by Crippen LogP contribution is -3.00. The molecule has 0 spiro atoms. The van der Waals surface area contributed by atoms with Crippen molar-refractivity contribution < 1.29 is 17.1 Å². The Bertz CT molecular complexity index is 198. The molecule has 0 fully saturated rings. The summed E-state index contributed by atoms with van der Waals surface area (Å²) in [5, 5.41) is 2.07. The van der Waals surface area contributed by atoms with Crippen molar-refractivity contribution in [1.29, 1.82) is 0 Å². The number of halogens is 1. The summed E-state index contributed by atoms with van der Waals surface area (Å²) >= 11 is 0. The molecule has 0 saturated carbocycles. The zero-order valence-corrected chi connectivity index (χ0v) is 8.60. The largest absolute Gasteiger partial charge is 1.00 e. The van der Waals surface area contributed by atoms with Gasteiger partial charge in [0.05, 0.1) is 0 Å². The van der Waals surface area contributed by atoms with E-state index in [9.17, 15) is 0 Å². The minimum absolute atomic E-state index is 0. The molecule has 0 aromatic carbocycles. The van der Waals surface area contributed by atoms with E-state index in [4.69, 9.17) is 0 Å². The number of hydrazine groups is 2. The first-order valence-corrected chi connectivity index (χ1v) is 4.09. The molecule has 12 heavy (non-hydrogen) atoms. The molecular weight excluding hydrogens is 174 g/mol. The summed E-state index contributed by atoms with van der Waals surface area (Å²) in [6.07, 6.45) is 4.21. The van der Waals surface area contributed by atoms with Crippen LogP contribution in [0.3, 0.4) is 0 Å². The van der Waals surface area contributed by atoms with E-state index in [0.717, 1.165) is 13.1 Å². The maximum absolute atomic E-state index is 3.22. The summed E-state index contributed by atoms with van der Waals surface area (Å²) in [7, 11) is 0. The SMILES string of the molecule is CCN1C=C(C)C=[N+](CC)N1.[Cl-]. The van der Waals surface area contributed by atoms with Gasteiger partial charge in [0.15, 0.2) is 12.8 Å². The van der Waals surface area contributed by atoms with Gasteiger partial charge in [-0.15, -0.1) is 10.2 Å². The molecule has 0 atom stereocenters. The van der Waals surface area contributed by atoms with Gasteiger partial charge in [-0.1, -0.05) is 0 Å². The van der Waals surface area contributed by atoms with Crippen LogP contribution in [0.15, 0.2) is 11.8 Å². The lowest BCUT2D eigenvalue weighted by atomic mass is 10.3. The van der Waals surface area contributed by atoms with Crippen LogP contribution in [0, 0.1) is 0 Å². The second-order valence-electron chi connectivity index (χ2n) is 2.67. The monoisotopic (exact) mass is 189 g/mol. The number of nitrogens with one attached hydrogen (secondary N) is 1. The van der Waals surface area contributed by atoms with Gasteiger partial charge < -0.3 is 12.4 Å². The predicted octanol–water partition coefficient (Wildman–Crippen LogP) is -2.25. The van der Waals surface area contributed by atoms with Crippen molar-refractivity contribution in [1.82, 2.24) is 10.5 Å². The molecule has 1 heterocycles. The van der Waals surface area contributed by atoms with Crippen LogP contribution in [0.1, 0.15) is 20.8 Å². The van der Waals surface area contributed by atoms with E-state index in [2.05, 4.69) is 48.4 Å². The molecule has 0 aromatic heterocycles. The molecule has 1 rings (SSSR count). The second-order valence-corrected chi connectivity index (χ2v) is 2.67. The summed E-state index contributed by atoms with van der Waals surface area (Å²) in [5.74, 6) is 0. The molecule has 0 unspecified atom stereocenters. The van der Waals surface area contributed by atoms with Crippen molar-refractivity contribution in [2.24, 2.45) is 0 Å². The van der Waals surface area contributed by atoms with Gasteiger partial charge in [0.1, 0.15) is 0 Å². The Morgan fingerprint density at radius 1 is 1.50 bits per heavy atom. The van der Waals surface area contributed by atoms with Gasteiger partial charge in [0, 0.05) is 18.3 Å². The van der Waals surface area contributed by atoms with Crippen LogP contribution >= 0.6 is 0 Å². The van der Waals surface area contributed by atoms with Crippen LogP contribution in [-0.4, -0.2) is 29.0 Å². The van der Waals surface area contributed by atoms with Crippen molar-refractivity contribution in [2.45, 2.75) is 20.8 Å². The minimum atomic E-state index is 0. The van der Waals surface area contributed by atoms with Gasteiger partial charge in [-0.3, -0.25) is 0 Å². The molecule has 4 heteroatoms. The highest BCUT2D eigenvalue weighted by Gasteiger charge is 2.10. The summed E-state index contributed by atoms with van der Waals surface area (Å²) in [5.41, 5.74) is 4.50. The van der Waals surface area contributed by atoms with Crippen LogP contribution in [0.25, 0.3) is 0 Å². The predicted molar refractivity (Wildman–Crippen MR) is 46.1 cm³/mol. The van der Waals surface area contributed by atoms with Crippen LogP contribution in [0.5, 0.6) is 0 Å². The molecule has 1 aliphatic rings. The standard InChI is InChI=1S/C8H16N3.ClH/c1-4-10-6-8(3)7-11(5-2)9-10;/h6-7,9H,4-5H2,1-3H3;1H/q+1;/p-1. The fourth-order valence-corrected chi connectivity index (χ4v) is 1.07. The van der Waals surface area contributed by atoms with Crippen LogP contribution < -0.4 is 17.9 Å². The number of hydrogen-bond donors (Lipinski definition) is 1. The molecule has 0 aliphatic carbocycles. The van der Waals surface area contributed by atoms with Gasteiger partial charge in [0.25, 0.3) is 0 Å². The number of allylic oxidation sites excluding steroid dienone is 1. The molecule has 70 valence electrons. The van der Waals surface area contributed by atoms with Gasteiger partial charge >= 0.3 is 0 Å². The average molecular weight is 190 g/mol. The molecular formula is C8H16ClN3. The third-order valence-electron chi connectivity index (χ3n) is 1.66. The van der Waals surface area contributed by atoms with E-state index in [-0.39, 0.29) is 12.4 Å². The quantitative estimate of drug-likeness (QED) is 0.495.